The predicted molar refractivity (Wildman–Crippen MR) is 55.1 cm³/mol. The molecule has 0 aromatic heterocycles. The molecule has 1 unspecified atom stereocenters. The van der Waals surface area contributed by atoms with E-state index in [9.17, 15) is 4.79 Å². The Morgan fingerprint density at radius 3 is 2.53 bits per heavy atom. The van der Waals surface area contributed by atoms with Crippen molar-refractivity contribution < 1.29 is 15.0 Å². The number of aliphatic hydroxyl groups is 1. The fourth-order valence-electron chi connectivity index (χ4n) is 1.12. The summed E-state index contributed by atoms with van der Waals surface area (Å²) in [7, 11) is 0. The van der Waals surface area contributed by atoms with Crippen molar-refractivity contribution in [1.29, 1.82) is 0 Å². The number of carbonyl (C=O) groups is 1. The standard InChI is InChI=1S/C10H14N2O3/c11-9(10(15)12-5-6-13)7-1-3-8(14)4-2-7/h1-4,9,13-14H,5-6,11H2,(H,12,15). The van der Waals surface area contributed by atoms with Gasteiger partial charge in [0.05, 0.1) is 6.61 Å². The van der Waals surface area contributed by atoms with Gasteiger partial charge in [-0.2, -0.15) is 0 Å². The molecule has 5 nitrogen and oxygen atoms in total. The van der Waals surface area contributed by atoms with Gasteiger partial charge in [-0.15, -0.1) is 0 Å². The topological polar surface area (TPSA) is 95.6 Å². The first-order valence-corrected chi connectivity index (χ1v) is 4.58. The number of aliphatic hydroxyl groups excluding tert-OH is 1. The molecule has 1 amide bonds. The van der Waals surface area contributed by atoms with Crippen molar-refractivity contribution in [3.63, 3.8) is 0 Å². The van der Waals surface area contributed by atoms with Crippen LogP contribution < -0.4 is 11.1 Å². The minimum absolute atomic E-state index is 0.117. The molecule has 1 aromatic carbocycles. The number of rotatable bonds is 4. The number of hydrogen-bond donors (Lipinski definition) is 4. The second-order valence-corrected chi connectivity index (χ2v) is 3.08. The van der Waals surface area contributed by atoms with Crippen LogP contribution in [0.4, 0.5) is 0 Å². The Morgan fingerprint density at radius 1 is 1.40 bits per heavy atom. The second-order valence-electron chi connectivity index (χ2n) is 3.08. The summed E-state index contributed by atoms with van der Waals surface area (Å²) in [5, 5.41) is 20.0. The number of aromatic hydroxyl groups is 1. The van der Waals surface area contributed by atoms with Crippen LogP contribution in [0.5, 0.6) is 5.75 Å². The van der Waals surface area contributed by atoms with Gasteiger partial charge in [0.25, 0.3) is 0 Å². The van der Waals surface area contributed by atoms with Crippen molar-refractivity contribution in [3.05, 3.63) is 29.8 Å². The number of amides is 1. The van der Waals surface area contributed by atoms with Gasteiger partial charge in [0.2, 0.25) is 5.91 Å². The van der Waals surface area contributed by atoms with Gasteiger partial charge in [-0.1, -0.05) is 12.1 Å². The van der Waals surface area contributed by atoms with Crippen LogP contribution in [0.3, 0.4) is 0 Å². The third-order valence-corrected chi connectivity index (χ3v) is 1.95. The number of phenolic OH excluding ortho intramolecular Hbond substituents is 1. The Labute approximate surface area is 87.5 Å². The zero-order chi connectivity index (χ0) is 11.3. The van der Waals surface area contributed by atoms with Crippen LogP contribution in [0, 0.1) is 0 Å². The van der Waals surface area contributed by atoms with E-state index in [-0.39, 0.29) is 24.8 Å². The highest BCUT2D eigenvalue weighted by Gasteiger charge is 2.14. The Bertz CT molecular complexity index is 324. The molecule has 0 bridgehead atoms. The molecule has 15 heavy (non-hydrogen) atoms. The van der Waals surface area contributed by atoms with Crippen molar-refractivity contribution in [1.82, 2.24) is 5.32 Å². The van der Waals surface area contributed by atoms with E-state index >= 15 is 0 Å². The first-order valence-electron chi connectivity index (χ1n) is 4.58. The average molecular weight is 210 g/mol. The normalized spacial score (nSPS) is 12.1. The van der Waals surface area contributed by atoms with E-state index in [2.05, 4.69) is 5.32 Å². The lowest BCUT2D eigenvalue weighted by Gasteiger charge is -2.11. The van der Waals surface area contributed by atoms with E-state index < -0.39 is 6.04 Å². The molecule has 0 radical (unpaired) electrons. The van der Waals surface area contributed by atoms with Crippen molar-refractivity contribution in [3.8, 4) is 5.75 Å². The molecule has 0 spiro atoms. The summed E-state index contributed by atoms with van der Waals surface area (Å²) < 4.78 is 0. The largest absolute Gasteiger partial charge is 0.508 e. The van der Waals surface area contributed by atoms with Gasteiger partial charge >= 0.3 is 0 Å². The van der Waals surface area contributed by atoms with Crippen molar-refractivity contribution in [2.75, 3.05) is 13.2 Å². The average Bonchev–Trinajstić information content (AvgIpc) is 2.26. The van der Waals surface area contributed by atoms with E-state index in [1.165, 1.54) is 12.1 Å². The van der Waals surface area contributed by atoms with Gasteiger partial charge < -0.3 is 21.3 Å². The van der Waals surface area contributed by atoms with Gasteiger partial charge in [0.15, 0.2) is 0 Å². The van der Waals surface area contributed by atoms with E-state index in [1.807, 2.05) is 0 Å². The number of hydrogen-bond acceptors (Lipinski definition) is 4. The highest BCUT2D eigenvalue weighted by atomic mass is 16.3. The molecule has 5 N–H and O–H groups in total. The number of nitrogens with two attached hydrogens (primary N) is 1. The first-order chi connectivity index (χ1) is 7.15. The smallest absolute Gasteiger partial charge is 0.241 e. The molecule has 1 atom stereocenters. The third-order valence-electron chi connectivity index (χ3n) is 1.95. The maximum absolute atomic E-state index is 11.4. The maximum Gasteiger partial charge on any atom is 0.241 e. The number of carbonyl (C=O) groups excluding carboxylic acids is 1. The van der Waals surface area contributed by atoms with Gasteiger partial charge in [0, 0.05) is 6.54 Å². The van der Waals surface area contributed by atoms with Crippen LogP contribution in [0.25, 0.3) is 0 Å². The molecular weight excluding hydrogens is 196 g/mol. The molecule has 1 aromatic rings. The summed E-state index contributed by atoms with van der Waals surface area (Å²) in [5.41, 5.74) is 6.27. The quantitative estimate of drug-likeness (QED) is 0.538. The van der Waals surface area contributed by atoms with Gasteiger partial charge in [0.1, 0.15) is 11.8 Å². The summed E-state index contributed by atoms with van der Waals surface area (Å²) >= 11 is 0. The predicted octanol–water partition coefficient (Wildman–Crippen LogP) is -0.500. The van der Waals surface area contributed by atoms with E-state index in [0.717, 1.165) is 0 Å². The number of nitrogens with one attached hydrogen (secondary N) is 1. The Balaban J connectivity index is 2.63. The Hall–Kier alpha value is -1.59. The summed E-state index contributed by atoms with van der Waals surface area (Å²) in [6.45, 7) is 0.0681. The fraction of sp³-hybridized carbons (Fsp3) is 0.300. The minimum atomic E-state index is -0.780. The van der Waals surface area contributed by atoms with Crippen molar-refractivity contribution in [2.45, 2.75) is 6.04 Å². The van der Waals surface area contributed by atoms with E-state index in [4.69, 9.17) is 15.9 Å². The zero-order valence-corrected chi connectivity index (χ0v) is 8.18. The molecule has 0 aliphatic heterocycles. The number of benzene rings is 1. The molecule has 82 valence electrons. The zero-order valence-electron chi connectivity index (χ0n) is 8.18. The van der Waals surface area contributed by atoms with Crippen molar-refractivity contribution in [2.24, 2.45) is 5.73 Å². The lowest BCUT2D eigenvalue weighted by molar-refractivity contribution is -0.122. The SMILES string of the molecule is NC(C(=O)NCCO)c1ccc(O)cc1. The summed E-state index contributed by atoms with van der Waals surface area (Å²) in [6.07, 6.45) is 0. The molecule has 0 heterocycles. The van der Waals surface area contributed by atoms with Crippen LogP contribution in [0.2, 0.25) is 0 Å². The highest BCUT2D eigenvalue weighted by Crippen LogP contribution is 2.14. The molecule has 0 saturated heterocycles. The van der Waals surface area contributed by atoms with Crippen LogP contribution >= 0.6 is 0 Å². The van der Waals surface area contributed by atoms with Crippen LogP contribution in [-0.4, -0.2) is 29.3 Å². The molecule has 0 saturated carbocycles. The van der Waals surface area contributed by atoms with Gasteiger partial charge in [-0.05, 0) is 17.7 Å². The lowest BCUT2D eigenvalue weighted by atomic mass is 10.1. The van der Waals surface area contributed by atoms with Gasteiger partial charge in [-0.3, -0.25) is 4.79 Å². The molecule has 0 fully saturated rings. The van der Waals surface area contributed by atoms with Crippen molar-refractivity contribution >= 4 is 5.91 Å². The second kappa shape index (κ2) is 5.33. The van der Waals surface area contributed by atoms with Gasteiger partial charge in [-0.25, -0.2) is 0 Å². The molecule has 5 heteroatoms. The van der Waals surface area contributed by atoms with Crippen LogP contribution in [0.15, 0.2) is 24.3 Å². The molecule has 0 aliphatic rings. The first kappa shape index (κ1) is 11.5. The minimum Gasteiger partial charge on any atom is -0.508 e. The lowest BCUT2D eigenvalue weighted by Crippen LogP contribution is -2.35. The molecule has 0 aliphatic carbocycles. The monoisotopic (exact) mass is 210 g/mol. The summed E-state index contributed by atoms with van der Waals surface area (Å²) in [4.78, 5) is 11.4. The Morgan fingerprint density at radius 2 is 2.00 bits per heavy atom. The maximum atomic E-state index is 11.4. The van der Waals surface area contributed by atoms with Crippen LogP contribution in [0.1, 0.15) is 11.6 Å². The molecular formula is C10H14N2O3. The summed E-state index contributed by atoms with van der Waals surface area (Å²) in [6, 6.07) is 5.32. The third kappa shape index (κ3) is 3.23. The highest BCUT2D eigenvalue weighted by molar-refractivity contribution is 5.82. The van der Waals surface area contributed by atoms with Crippen LogP contribution in [-0.2, 0) is 4.79 Å². The Kier molecular flexibility index (Phi) is 4.08. The van der Waals surface area contributed by atoms with E-state index in [0.29, 0.717) is 5.56 Å². The fourth-order valence-corrected chi connectivity index (χ4v) is 1.12. The molecule has 1 rings (SSSR count). The summed E-state index contributed by atoms with van der Waals surface area (Å²) in [5.74, 6) is -0.226. The number of phenols is 1. The van der Waals surface area contributed by atoms with E-state index in [1.54, 1.807) is 12.1 Å².